The second-order valence-electron chi connectivity index (χ2n) is 8.08. The van der Waals surface area contributed by atoms with Gasteiger partial charge in [0.25, 0.3) is 0 Å². The Hall–Kier alpha value is -1.60. The number of benzene rings is 2. The van der Waals surface area contributed by atoms with Crippen LogP contribution in [0, 0.1) is 11.8 Å². The Labute approximate surface area is 167 Å². The normalized spacial score (nSPS) is 13.1. The molecule has 0 heterocycles. The predicted molar refractivity (Wildman–Crippen MR) is 117 cm³/mol. The molecule has 0 N–H and O–H groups in total. The van der Waals surface area contributed by atoms with Crippen molar-refractivity contribution < 1.29 is 4.74 Å². The number of methoxy groups -OCH3 is 1. The van der Waals surface area contributed by atoms with E-state index in [4.69, 9.17) is 4.74 Å². The van der Waals surface area contributed by atoms with E-state index in [0.717, 1.165) is 0 Å². The number of rotatable bonds is 12. The molecule has 0 aliphatic carbocycles. The second-order valence-corrected chi connectivity index (χ2v) is 8.08. The van der Waals surface area contributed by atoms with Crippen LogP contribution in [0.5, 0.6) is 0 Å². The van der Waals surface area contributed by atoms with Crippen molar-refractivity contribution >= 4 is 0 Å². The first kappa shape index (κ1) is 21.7. The van der Waals surface area contributed by atoms with Gasteiger partial charge in [-0.15, -0.1) is 0 Å². The summed E-state index contributed by atoms with van der Waals surface area (Å²) < 4.78 is 6.43. The summed E-state index contributed by atoms with van der Waals surface area (Å²) in [6.45, 7) is 6.98. The van der Waals surface area contributed by atoms with Crippen LogP contribution >= 0.6 is 0 Å². The first-order chi connectivity index (χ1) is 13.2. The van der Waals surface area contributed by atoms with Gasteiger partial charge >= 0.3 is 0 Å². The second kappa shape index (κ2) is 11.3. The van der Waals surface area contributed by atoms with Crippen molar-refractivity contribution in [1.29, 1.82) is 0 Å². The van der Waals surface area contributed by atoms with Crippen LogP contribution < -0.4 is 0 Å². The summed E-state index contributed by atoms with van der Waals surface area (Å²) in [6.07, 6.45) is 9.20. The van der Waals surface area contributed by atoms with E-state index in [-0.39, 0.29) is 5.60 Å². The fourth-order valence-electron chi connectivity index (χ4n) is 4.50. The average Bonchev–Trinajstić information content (AvgIpc) is 2.71. The molecule has 1 heteroatoms. The molecule has 0 aliphatic heterocycles. The number of hydrogen-bond donors (Lipinski definition) is 0. The summed E-state index contributed by atoms with van der Waals surface area (Å²) in [5.41, 5.74) is 2.15. The summed E-state index contributed by atoms with van der Waals surface area (Å²) in [6, 6.07) is 21.6. The molecule has 0 bridgehead atoms. The number of unbranched alkanes of at least 4 members (excludes halogenated alkanes) is 5. The summed E-state index contributed by atoms with van der Waals surface area (Å²) in [5, 5.41) is 0. The molecule has 0 spiro atoms. The highest BCUT2D eigenvalue weighted by Crippen LogP contribution is 2.45. The zero-order valence-electron chi connectivity index (χ0n) is 17.8. The fraction of sp³-hybridized carbons (Fsp3) is 0.538. The van der Waals surface area contributed by atoms with Crippen LogP contribution in [0.3, 0.4) is 0 Å². The van der Waals surface area contributed by atoms with E-state index in [2.05, 4.69) is 81.4 Å². The molecule has 1 atom stereocenters. The molecule has 1 unspecified atom stereocenters. The van der Waals surface area contributed by atoms with E-state index < -0.39 is 0 Å². The summed E-state index contributed by atoms with van der Waals surface area (Å²) >= 11 is 0. The quantitative estimate of drug-likeness (QED) is 0.351. The minimum atomic E-state index is -0.389. The van der Waals surface area contributed by atoms with Gasteiger partial charge in [0, 0.05) is 7.11 Å². The molecule has 1 nitrogen and oxygen atoms in total. The Balaban J connectivity index is 2.31. The highest BCUT2D eigenvalue weighted by Gasteiger charge is 2.43. The van der Waals surface area contributed by atoms with E-state index in [1.165, 1.54) is 56.1 Å². The average molecular weight is 367 g/mol. The molecule has 0 aromatic heterocycles. The van der Waals surface area contributed by atoms with Gasteiger partial charge in [-0.05, 0) is 29.4 Å². The highest BCUT2D eigenvalue weighted by atomic mass is 16.5. The Bertz CT molecular complexity index is 578. The van der Waals surface area contributed by atoms with Gasteiger partial charge in [-0.2, -0.15) is 0 Å². The van der Waals surface area contributed by atoms with Gasteiger partial charge in [0.2, 0.25) is 0 Å². The van der Waals surface area contributed by atoms with Gasteiger partial charge in [-0.25, -0.2) is 0 Å². The van der Waals surface area contributed by atoms with E-state index in [9.17, 15) is 0 Å². The zero-order chi connectivity index (χ0) is 19.5. The van der Waals surface area contributed by atoms with Crippen molar-refractivity contribution in [3.63, 3.8) is 0 Å². The molecule has 0 aliphatic rings. The van der Waals surface area contributed by atoms with E-state index >= 15 is 0 Å². The van der Waals surface area contributed by atoms with Gasteiger partial charge in [-0.1, -0.05) is 120 Å². The Morgan fingerprint density at radius 3 is 1.67 bits per heavy atom. The topological polar surface area (TPSA) is 9.23 Å². The molecule has 148 valence electrons. The molecule has 27 heavy (non-hydrogen) atoms. The van der Waals surface area contributed by atoms with Crippen molar-refractivity contribution in [2.75, 3.05) is 7.11 Å². The van der Waals surface area contributed by atoms with E-state index in [1.54, 1.807) is 0 Å². The van der Waals surface area contributed by atoms with Crippen LogP contribution in [-0.2, 0) is 10.3 Å². The van der Waals surface area contributed by atoms with Crippen molar-refractivity contribution in [1.82, 2.24) is 0 Å². The molecular formula is C26H38O. The smallest absolute Gasteiger partial charge is 0.121 e. The zero-order valence-corrected chi connectivity index (χ0v) is 17.8. The molecule has 2 aromatic rings. The van der Waals surface area contributed by atoms with E-state index in [1.807, 2.05) is 7.11 Å². The minimum Gasteiger partial charge on any atom is -0.368 e. The van der Waals surface area contributed by atoms with Gasteiger partial charge in [-0.3, -0.25) is 0 Å². The largest absolute Gasteiger partial charge is 0.368 e. The lowest BCUT2D eigenvalue weighted by atomic mass is 9.69. The molecule has 0 radical (unpaired) electrons. The number of ether oxygens (including phenoxy) is 1. The van der Waals surface area contributed by atoms with Crippen LogP contribution in [0.1, 0.15) is 76.8 Å². The van der Waals surface area contributed by atoms with Crippen molar-refractivity contribution in [2.45, 2.75) is 71.3 Å². The molecule has 0 amide bonds. The minimum absolute atomic E-state index is 0.389. The Morgan fingerprint density at radius 1 is 0.741 bits per heavy atom. The molecule has 0 saturated carbocycles. The molecule has 0 fully saturated rings. The third-order valence-electron chi connectivity index (χ3n) is 5.92. The lowest BCUT2D eigenvalue weighted by Crippen LogP contribution is -2.41. The lowest BCUT2D eigenvalue weighted by Gasteiger charge is -2.43. The molecule has 2 aromatic carbocycles. The maximum absolute atomic E-state index is 6.43. The SMILES string of the molecule is CCCCCCCCC(C(C)C)C(OC)(c1ccccc1)c1ccccc1. The standard InChI is InChI=1S/C26H38O/c1-5-6-7-8-9-16-21-25(22(2)3)26(27-4,23-17-12-10-13-18-23)24-19-14-11-15-20-24/h10-15,17-20,22,25H,5-9,16,21H2,1-4H3. The third kappa shape index (κ3) is 5.45. The van der Waals surface area contributed by atoms with Crippen molar-refractivity contribution in [3.05, 3.63) is 71.8 Å². The van der Waals surface area contributed by atoms with Gasteiger partial charge in [0.05, 0.1) is 0 Å². The first-order valence-corrected chi connectivity index (χ1v) is 10.8. The van der Waals surface area contributed by atoms with Crippen molar-refractivity contribution in [3.8, 4) is 0 Å². The van der Waals surface area contributed by atoms with Crippen LogP contribution in [0.2, 0.25) is 0 Å². The monoisotopic (exact) mass is 366 g/mol. The fourth-order valence-corrected chi connectivity index (χ4v) is 4.50. The maximum Gasteiger partial charge on any atom is 0.121 e. The van der Waals surface area contributed by atoms with Gasteiger partial charge in [0.1, 0.15) is 5.60 Å². The molecular weight excluding hydrogens is 328 g/mol. The summed E-state index contributed by atoms with van der Waals surface area (Å²) in [4.78, 5) is 0. The van der Waals surface area contributed by atoms with E-state index in [0.29, 0.717) is 11.8 Å². The Morgan fingerprint density at radius 2 is 1.22 bits per heavy atom. The van der Waals surface area contributed by atoms with Crippen LogP contribution in [-0.4, -0.2) is 7.11 Å². The number of hydrogen-bond acceptors (Lipinski definition) is 1. The summed E-state index contributed by atoms with van der Waals surface area (Å²) in [5.74, 6) is 0.986. The highest BCUT2D eigenvalue weighted by molar-refractivity contribution is 5.37. The maximum atomic E-state index is 6.43. The van der Waals surface area contributed by atoms with Crippen LogP contribution in [0.25, 0.3) is 0 Å². The van der Waals surface area contributed by atoms with Crippen LogP contribution in [0.15, 0.2) is 60.7 Å². The molecule has 0 saturated heterocycles. The van der Waals surface area contributed by atoms with Crippen molar-refractivity contribution in [2.24, 2.45) is 11.8 Å². The third-order valence-corrected chi connectivity index (χ3v) is 5.92. The van der Waals surface area contributed by atoms with Crippen LogP contribution in [0.4, 0.5) is 0 Å². The van der Waals surface area contributed by atoms with Gasteiger partial charge < -0.3 is 4.74 Å². The Kier molecular flexibility index (Phi) is 9.07. The van der Waals surface area contributed by atoms with Gasteiger partial charge in [0.15, 0.2) is 0 Å². The summed E-state index contributed by atoms with van der Waals surface area (Å²) in [7, 11) is 1.89. The molecule has 2 rings (SSSR count). The first-order valence-electron chi connectivity index (χ1n) is 10.8. The lowest BCUT2D eigenvalue weighted by molar-refractivity contribution is -0.0500. The predicted octanol–water partition coefficient (Wildman–Crippen LogP) is 7.60.